The highest BCUT2D eigenvalue weighted by Crippen LogP contribution is 2.27. The number of hydrogen-bond donors (Lipinski definition) is 1. The normalized spacial score (nSPS) is 12.3. The number of carbonyl (C=O) groups is 2. The van der Waals surface area contributed by atoms with E-state index in [4.69, 9.17) is 4.74 Å². The van der Waals surface area contributed by atoms with E-state index in [0.29, 0.717) is 12.4 Å². The van der Waals surface area contributed by atoms with Gasteiger partial charge in [-0.2, -0.15) is 0 Å². The molecule has 0 aliphatic heterocycles. The van der Waals surface area contributed by atoms with Crippen molar-refractivity contribution in [3.63, 3.8) is 0 Å². The van der Waals surface area contributed by atoms with Gasteiger partial charge in [0.05, 0.1) is 17.2 Å². The average molecular weight is 570 g/mol. The quantitative estimate of drug-likeness (QED) is 0.360. The molecule has 214 valence electrons. The van der Waals surface area contributed by atoms with E-state index in [1.807, 2.05) is 6.92 Å². The van der Waals surface area contributed by atoms with Crippen LogP contribution in [0.2, 0.25) is 0 Å². The number of nitrogens with zero attached hydrogens (tertiary/aromatic N) is 2. The summed E-state index contributed by atoms with van der Waals surface area (Å²) in [6.45, 7) is 8.37. The van der Waals surface area contributed by atoms with Gasteiger partial charge in [0, 0.05) is 17.6 Å². The van der Waals surface area contributed by atoms with Crippen LogP contribution in [0.4, 0.5) is 10.1 Å². The summed E-state index contributed by atoms with van der Waals surface area (Å²) < 4.78 is 48.7. The molecule has 0 aromatic heterocycles. The van der Waals surface area contributed by atoms with Crippen LogP contribution < -0.4 is 14.4 Å². The third-order valence-corrected chi connectivity index (χ3v) is 7.80. The molecule has 0 heterocycles. The predicted molar refractivity (Wildman–Crippen MR) is 153 cm³/mol. The number of amides is 2. The van der Waals surface area contributed by atoms with Crippen LogP contribution in [-0.4, -0.2) is 49.9 Å². The first-order valence-corrected chi connectivity index (χ1v) is 14.4. The van der Waals surface area contributed by atoms with Crippen molar-refractivity contribution < 1.29 is 27.1 Å². The summed E-state index contributed by atoms with van der Waals surface area (Å²) >= 11 is 0. The van der Waals surface area contributed by atoms with E-state index in [1.165, 1.54) is 42.2 Å². The van der Waals surface area contributed by atoms with E-state index in [1.54, 1.807) is 69.3 Å². The average Bonchev–Trinajstić information content (AvgIpc) is 2.91. The molecule has 2 amide bonds. The van der Waals surface area contributed by atoms with Crippen LogP contribution in [0, 0.1) is 5.82 Å². The van der Waals surface area contributed by atoms with Gasteiger partial charge in [-0.25, -0.2) is 12.8 Å². The molecule has 40 heavy (non-hydrogen) atoms. The number of halogens is 1. The van der Waals surface area contributed by atoms with Crippen molar-refractivity contribution in [2.24, 2.45) is 0 Å². The molecule has 0 aliphatic rings. The highest BCUT2D eigenvalue weighted by molar-refractivity contribution is 7.92. The second-order valence-electron chi connectivity index (χ2n) is 10.3. The van der Waals surface area contributed by atoms with Crippen molar-refractivity contribution in [2.45, 2.75) is 57.6 Å². The van der Waals surface area contributed by atoms with E-state index in [9.17, 15) is 22.4 Å². The summed E-state index contributed by atoms with van der Waals surface area (Å²) in [6, 6.07) is 19.0. The van der Waals surface area contributed by atoms with E-state index in [0.717, 1.165) is 4.31 Å². The minimum atomic E-state index is -4.19. The molecule has 0 radical (unpaired) electrons. The van der Waals surface area contributed by atoms with Gasteiger partial charge in [0.1, 0.15) is 24.2 Å². The highest BCUT2D eigenvalue weighted by atomic mass is 32.2. The second-order valence-corrected chi connectivity index (χ2v) is 12.1. The highest BCUT2D eigenvalue weighted by Gasteiger charge is 2.33. The van der Waals surface area contributed by atoms with Crippen molar-refractivity contribution in [1.82, 2.24) is 10.2 Å². The van der Waals surface area contributed by atoms with E-state index >= 15 is 0 Å². The summed E-state index contributed by atoms with van der Waals surface area (Å²) in [5.41, 5.74) is -0.147. The standard InChI is InChI=1S/C30H36FN3O5S/c1-6-39-25-18-16-24(17-19-25)34(40(37,38)26-13-8-7-9-14-26)21-28(35)33(20-23-12-10-11-15-27(23)31)22(2)29(36)32-30(3,4)5/h7-19,22H,6,20-21H2,1-5H3,(H,32,36)/t22-/m0/s1. The second kappa shape index (κ2) is 13.0. The molecule has 3 aromatic rings. The van der Waals surface area contributed by atoms with Crippen LogP contribution in [0.5, 0.6) is 5.75 Å². The summed E-state index contributed by atoms with van der Waals surface area (Å²) in [4.78, 5) is 28.2. The number of rotatable bonds is 11. The Kier molecular flexibility index (Phi) is 9.92. The molecule has 0 bridgehead atoms. The first-order valence-electron chi connectivity index (χ1n) is 13.0. The number of sulfonamides is 1. The van der Waals surface area contributed by atoms with Crippen LogP contribution in [0.1, 0.15) is 40.2 Å². The van der Waals surface area contributed by atoms with Crippen molar-refractivity contribution >= 4 is 27.5 Å². The molecule has 8 nitrogen and oxygen atoms in total. The molecule has 1 N–H and O–H groups in total. The number of carbonyl (C=O) groups excluding carboxylic acids is 2. The van der Waals surface area contributed by atoms with Gasteiger partial charge in [-0.1, -0.05) is 36.4 Å². The molecular formula is C30H36FN3O5S. The molecule has 0 saturated carbocycles. The van der Waals surface area contributed by atoms with E-state index < -0.39 is 45.8 Å². The van der Waals surface area contributed by atoms with E-state index in [-0.39, 0.29) is 22.7 Å². The van der Waals surface area contributed by atoms with Crippen LogP contribution in [-0.2, 0) is 26.2 Å². The van der Waals surface area contributed by atoms with Gasteiger partial charge < -0.3 is 15.0 Å². The largest absolute Gasteiger partial charge is 0.494 e. The van der Waals surface area contributed by atoms with Gasteiger partial charge >= 0.3 is 0 Å². The number of anilines is 1. The Morgan fingerprint density at radius 1 is 0.950 bits per heavy atom. The zero-order chi connectivity index (χ0) is 29.5. The monoisotopic (exact) mass is 569 g/mol. The first-order chi connectivity index (χ1) is 18.8. The summed E-state index contributed by atoms with van der Waals surface area (Å²) in [5.74, 6) is -1.11. The van der Waals surface area contributed by atoms with Gasteiger partial charge in [0.2, 0.25) is 11.8 Å². The predicted octanol–water partition coefficient (Wildman–Crippen LogP) is 4.75. The number of ether oxygens (including phenoxy) is 1. The Hall–Kier alpha value is -3.92. The zero-order valence-corrected chi connectivity index (χ0v) is 24.2. The lowest BCUT2D eigenvalue weighted by Gasteiger charge is -2.33. The van der Waals surface area contributed by atoms with Gasteiger partial charge in [0.15, 0.2) is 0 Å². The van der Waals surface area contributed by atoms with Gasteiger partial charge in [-0.05, 0) is 77.1 Å². The van der Waals surface area contributed by atoms with Crippen molar-refractivity contribution in [1.29, 1.82) is 0 Å². The molecule has 0 saturated heterocycles. The molecule has 0 spiro atoms. The Balaban J connectivity index is 2.04. The Labute approximate surface area is 235 Å². The van der Waals surface area contributed by atoms with Crippen molar-refractivity contribution in [2.75, 3.05) is 17.5 Å². The maximum atomic E-state index is 14.6. The molecule has 3 aromatic carbocycles. The van der Waals surface area contributed by atoms with Crippen molar-refractivity contribution in [3.05, 3.63) is 90.2 Å². The van der Waals surface area contributed by atoms with Crippen LogP contribution in [0.25, 0.3) is 0 Å². The molecule has 0 fully saturated rings. The SMILES string of the molecule is CCOc1ccc(N(CC(=O)N(Cc2ccccc2F)[C@@H](C)C(=O)NC(C)(C)C)S(=O)(=O)c2ccccc2)cc1. The van der Waals surface area contributed by atoms with Gasteiger partial charge in [0.25, 0.3) is 10.0 Å². The Bertz CT molecular complexity index is 1410. The minimum absolute atomic E-state index is 0.00383. The van der Waals surface area contributed by atoms with Crippen LogP contribution >= 0.6 is 0 Å². The fourth-order valence-corrected chi connectivity index (χ4v) is 5.43. The Morgan fingerprint density at radius 3 is 2.12 bits per heavy atom. The smallest absolute Gasteiger partial charge is 0.264 e. The van der Waals surface area contributed by atoms with Crippen LogP contribution in [0.15, 0.2) is 83.8 Å². The Morgan fingerprint density at radius 2 is 1.55 bits per heavy atom. The molecule has 10 heteroatoms. The lowest BCUT2D eigenvalue weighted by Crippen LogP contribution is -2.54. The van der Waals surface area contributed by atoms with Gasteiger partial charge in [-0.3, -0.25) is 13.9 Å². The minimum Gasteiger partial charge on any atom is -0.494 e. The van der Waals surface area contributed by atoms with Crippen molar-refractivity contribution in [3.8, 4) is 5.75 Å². The third-order valence-electron chi connectivity index (χ3n) is 6.01. The number of benzene rings is 3. The summed E-state index contributed by atoms with van der Waals surface area (Å²) in [6.07, 6.45) is 0. The first kappa shape index (κ1) is 30.6. The topological polar surface area (TPSA) is 96.0 Å². The zero-order valence-electron chi connectivity index (χ0n) is 23.4. The summed E-state index contributed by atoms with van der Waals surface area (Å²) in [5, 5.41) is 2.84. The van der Waals surface area contributed by atoms with Crippen LogP contribution in [0.3, 0.4) is 0 Å². The molecular weight excluding hydrogens is 533 g/mol. The third kappa shape index (κ3) is 7.81. The number of hydrogen-bond acceptors (Lipinski definition) is 5. The van der Waals surface area contributed by atoms with E-state index in [2.05, 4.69) is 5.32 Å². The molecule has 3 rings (SSSR count). The number of nitrogens with one attached hydrogen (secondary N) is 1. The fraction of sp³-hybridized carbons (Fsp3) is 0.333. The molecule has 1 atom stereocenters. The maximum absolute atomic E-state index is 14.6. The molecule has 0 unspecified atom stereocenters. The lowest BCUT2D eigenvalue weighted by atomic mass is 10.1. The molecule has 0 aliphatic carbocycles. The summed E-state index contributed by atoms with van der Waals surface area (Å²) in [7, 11) is -4.19. The lowest BCUT2D eigenvalue weighted by molar-refractivity contribution is -0.140. The van der Waals surface area contributed by atoms with Gasteiger partial charge in [-0.15, -0.1) is 0 Å². The maximum Gasteiger partial charge on any atom is 0.264 e. The fourth-order valence-electron chi connectivity index (χ4n) is 3.99.